The first kappa shape index (κ1) is 30.3. The normalized spacial score (nSPS) is 17.7. The molecule has 0 unspecified atom stereocenters. The summed E-state index contributed by atoms with van der Waals surface area (Å²) >= 11 is 0. The van der Waals surface area contributed by atoms with E-state index in [9.17, 15) is 30.0 Å². The Kier molecular flexibility index (Phi) is 10.6. The molecule has 2 amide bonds. The van der Waals surface area contributed by atoms with Gasteiger partial charge in [0, 0.05) is 23.2 Å². The molecule has 8 heteroatoms. The van der Waals surface area contributed by atoms with E-state index in [1.54, 1.807) is 48.5 Å². The Labute approximate surface area is 241 Å². The average molecular weight is 563 g/mol. The molecule has 41 heavy (non-hydrogen) atoms. The molecule has 4 rings (SSSR count). The van der Waals surface area contributed by atoms with Crippen molar-refractivity contribution in [3.05, 3.63) is 82.3 Å². The molecule has 2 fully saturated rings. The Morgan fingerprint density at radius 1 is 0.634 bits per heavy atom. The SMILES string of the molecule is O=C(NC1CCCCC1)c1ccc(C=C(O)C(CO)(CO)C(O)=Cc2ccc(C(=O)NC3CCCCC3)cc2)cc1. The van der Waals surface area contributed by atoms with E-state index >= 15 is 0 Å². The molecule has 8 nitrogen and oxygen atoms in total. The maximum absolute atomic E-state index is 12.6. The molecule has 0 aliphatic heterocycles. The summed E-state index contributed by atoms with van der Waals surface area (Å²) in [4.78, 5) is 25.2. The highest BCUT2D eigenvalue weighted by molar-refractivity contribution is 5.95. The lowest BCUT2D eigenvalue weighted by atomic mass is 9.83. The molecule has 0 spiro atoms. The van der Waals surface area contributed by atoms with Gasteiger partial charge in [-0.2, -0.15) is 0 Å². The van der Waals surface area contributed by atoms with Crippen molar-refractivity contribution < 1.29 is 30.0 Å². The summed E-state index contributed by atoms with van der Waals surface area (Å²) in [6.45, 7) is -1.50. The fraction of sp³-hybridized carbons (Fsp3) is 0.455. The third-order valence-corrected chi connectivity index (χ3v) is 8.35. The first-order valence-corrected chi connectivity index (χ1v) is 14.7. The average Bonchev–Trinajstić information content (AvgIpc) is 3.00. The standard InChI is InChI=1S/C33H42N2O6/c36-21-33(22-37,29(38)19-23-11-15-25(16-12-23)31(40)34-27-7-3-1-4-8-27)30(39)20-24-13-17-26(18-14-24)32(41)35-28-9-5-2-6-10-28/h11-20,27-28,36-39H,1-10,21-22H2,(H,34,40)(H,35,41). The highest BCUT2D eigenvalue weighted by Gasteiger charge is 2.38. The largest absolute Gasteiger partial charge is 0.511 e. The number of hydrogen-bond acceptors (Lipinski definition) is 6. The van der Waals surface area contributed by atoms with Crippen molar-refractivity contribution >= 4 is 24.0 Å². The van der Waals surface area contributed by atoms with Crippen LogP contribution in [0.3, 0.4) is 0 Å². The number of hydrogen-bond donors (Lipinski definition) is 6. The number of carbonyl (C=O) groups excluding carboxylic acids is 2. The summed E-state index contributed by atoms with van der Waals surface area (Å²) in [7, 11) is 0. The number of rotatable bonds is 10. The highest BCUT2D eigenvalue weighted by Crippen LogP contribution is 2.34. The number of carbonyl (C=O) groups is 2. The predicted molar refractivity (Wildman–Crippen MR) is 159 cm³/mol. The van der Waals surface area contributed by atoms with Crippen molar-refractivity contribution in [2.75, 3.05) is 13.2 Å². The molecular formula is C33H42N2O6. The fourth-order valence-corrected chi connectivity index (χ4v) is 5.59. The molecule has 0 radical (unpaired) electrons. The van der Waals surface area contributed by atoms with Crippen molar-refractivity contribution in [2.45, 2.75) is 76.3 Å². The summed E-state index contributed by atoms with van der Waals surface area (Å²) in [5.41, 5.74) is 0.227. The van der Waals surface area contributed by atoms with Crippen molar-refractivity contribution in [2.24, 2.45) is 5.41 Å². The van der Waals surface area contributed by atoms with Gasteiger partial charge in [-0.05, 0) is 73.2 Å². The van der Waals surface area contributed by atoms with Crippen LogP contribution in [0.25, 0.3) is 12.2 Å². The Hall–Kier alpha value is -3.62. The van der Waals surface area contributed by atoms with Gasteiger partial charge < -0.3 is 31.1 Å². The van der Waals surface area contributed by atoms with E-state index in [0.717, 1.165) is 51.4 Å². The van der Waals surface area contributed by atoms with Crippen LogP contribution in [0.4, 0.5) is 0 Å². The first-order valence-electron chi connectivity index (χ1n) is 14.7. The fourth-order valence-electron chi connectivity index (χ4n) is 5.59. The Balaban J connectivity index is 1.44. The van der Waals surface area contributed by atoms with Crippen LogP contribution < -0.4 is 10.6 Å². The first-order chi connectivity index (χ1) is 19.8. The quantitative estimate of drug-likeness (QED) is 0.218. The lowest BCUT2D eigenvalue weighted by Crippen LogP contribution is -2.36. The number of benzene rings is 2. The summed E-state index contributed by atoms with van der Waals surface area (Å²) in [5, 5.41) is 48.3. The number of nitrogens with one attached hydrogen (secondary N) is 2. The van der Waals surface area contributed by atoms with Gasteiger partial charge in [0.1, 0.15) is 16.9 Å². The summed E-state index contributed by atoms with van der Waals surface area (Å²) in [5.74, 6) is -1.15. The summed E-state index contributed by atoms with van der Waals surface area (Å²) in [6, 6.07) is 13.6. The van der Waals surface area contributed by atoms with Crippen LogP contribution >= 0.6 is 0 Å². The maximum atomic E-state index is 12.6. The molecule has 0 saturated heterocycles. The van der Waals surface area contributed by atoms with Crippen LogP contribution in [-0.2, 0) is 0 Å². The zero-order valence-electron chi connectivity index (χ0n) is 23.5. The van der Waals surface area contributed by atoms with Crippen LogP contribution in [0.5, 0.6) is 0 Å². The van der Waals surface area contributed by atoms with Gasteiger partial charge in [0.05, 0.1) is 13.2 Å². The van der Waals surface area contributed by atoms with E-state index in [0.29, 0.717) is 22.3 Å². The molecule has 2 aromatic carbocycles. The van der Waals surface area contributed by atoms with Gasteiger partial charge in [-0.15, -0.1) is 0 Å². The van der Waals surface area contributed by atoms with Crippen molar-refractivity contribution in [1.29, 1.82) is 0 Å². The Bertz CT molecular complexity index is 1130. The second-order valence-electron chi connectivity index (χ2n) is 11.3. The minimum atomic E-state index is -1.84. The lowest BCUT2D eigenvalue weighted by Gasteiger charge is -2.28. The molecule has 6 N–H and O–H groups in total. The second-order valence-corrected chi connectivity index (χ2v) is 11.3. The molecule has 0 aromatic heterocycles. The van der Waals surface area contributed by atoms with Gasteiger partial charge in [0.15, 0.2) is 0 Å². The Morgan fingerprint density at radius 2 is 0.976 bits per heavy atom. The van der Waals surface area contributed by atoms with Crippen molar-refractivity contribution in [1.82, 2.24) is 10.6 Å². The maximum Gasteiger partial charge on any atom is 0.251 e. The van der Waals surface area contributed by atoms with Crippen LogP contribution in [0.1, 0.15) is 96.1 Å². The molecule has 2 aliphatic carbocycles. The molecule has 2 aliphatic rings. The van der Waals surface area contributed by atoms with E-state index in [2.05, 4.69) is 10.6 Å². The number of aliphatic hydroxyl groups excluding tert-OH is 4. The molecule has 0 heterocycles. The van der Waals surface area contributed by atoms with Crippen LogP contribution in [-0.4, -0.2) is 57.5 Å². The minimum Gasteiger partial charge on any atom is -0.511 e. The topological polar surface area (TPSA) is 139 Å². The number of aliphatic hydroxyl groups is 4. The second kappa shape index (κ2) is 14.3. The third kappa shape index (κ3) is 7.77. The predicted octanol–water partition coefficient (Wildman–Crippen LogP) is 5.28. The third-order valence-electron chi connectivity index (χ3n) is 8.35. The van der Waals surface area contributed by atoms with Crippen molar-refractivity contribution in [3.63, 3.8) is 0 Å². The van der Waals surface area contributed by atoms with Gasteiger partial charge in [-0.1, -0.05) is 62.8 Å². The van der Waals surface area contributed by atoms with Crippen LogP contribution in [0.2, 0.25) is 0 Å². The smallest absolute Gasteiger partial charge is 0.251 e. The van der Waals surface area contributed by atoms with Gasteiger partial charge in [-0.25, -0.2) is 0 Å². The molecule has 2 aromatic rings. The van der Waals surface area contributed by atoms with Gasteiger partial charge in [0.2, 0.25) is 0 Å². The molecule has 0 atom stereocenters. The van der Waals surface area contributed by atoms with Crippen LogP contribution in [0.15, 0.2) is 60.0 Å². The van der Waals surface area contributed by atoms with Gasteiger partial charge in [-0.3, -0.25) is 9.59 Å². The zero-order valence-corrected chi connectivity index (χ0v) is 23.5. The highest BCUT2D eigenvalue weighted by atomic mass is 16.3. The van der Waals surface area contributed by atoms with Gasteiger partial charge in [0.25, 0.3) is 11.8 Å². The van der Waals surface area contributed by atoms with E-state index in [-0.39, 0.29) is 23.9 Å². The molecule has 0 bridgehead atoms. The summed E-state index contributed by atoms with van der Waals surface area (Å²) in [6.07, 6.45) is 13.5. The molecular weight excluding hydrogens is 520 g/mol. The lowest BCUT2D eigenvalue weighted by molar-refractivity contribution is 0.0487. The van der Waals surface area contributed by atoms with E-state index < -0.39 is 30.1 Å². The summed E-state index contributed by atoms with van der Waals surface area (Å²) < 4.78 is 0. The van der Waals surface area contributed by atoms with Gasteiger partial charge >= 0.3 is 0 Å². The number of amides is 2. The van der Waals surface area contributed by atoms with Crippen molar-refractivity contribution in [3.8, 4) is 0 Å². The Morgan fingerprint density at radius 3 is 1.29 bits per heavy atom. The van der Waals surface area contributed by atoms with E-state index in [1.165, 1.54) is 25.0 Å². The molecule has 220 valence electrons. The van der Waals surface area contributed by atoms with E-state index in [4.69, 9.17) is 0 Å². The minimum absolute atomic E-state index is 0.144. The molecule has 2 saturated carbocycles. The zero-order chi connectivity index (χ0) is 29.2. The van der Waals surface area contributed by atoms with Crippen LogP contribution in [0, 0.1) is 5.41 Å². The monoisotopic (exact) mass is 562 g/mol. The van der Waals surface area contributed by atoms with E-state index in [1.807, 2.05) is 0 Å².